The summed E-state index contributed by atoms with van der Waals surface area (Å²) < 4.78 is 6.43. The maximum Gasteiger partial charge on any atom is 0.196 e. The Labute approximate surface area is 292 Å². The Morgan fingerprint density at radius 1 is 1.12 bits per heavy atom. The second-order valence-corrected chi connectivity index (χ2v) is 13.3. The lowest BCUT2D eigenvalue weighted by Crippen LogP contribution is -2.33. The average molecular weight is 674 g/mol. The predicted octanol–water partition coefficient (Wildman–Crippen LogP) is 10.1. The van der Waals surface area contributed by atoms with Gasteiger partial charge in [0.2, 0.25) is 0 Å². The summed E-state index contributed by atoms with van der Waals surface area (Å²) in [6.45, 7) is 23.6. The SMILES string of the molecule is C=C(\N=C(C)/C(=C\C)/C=C(\CC1CCCC1)C(=O)CC)Nc1ccc(/C(=C/C)C2=C(C)C(=C)C=C(N3CCSCC3)O2)c(O)c1O.CC. The minimum absolute atomic E-state index is 0.170. The topological polar surface area (TPSA) is 94.4 Å². The van der Waals surface area contributed by atoms with Crippen molar-refractivity contribution in [3.05, 3.63) is 94.9 Å². The number of aromatic hydroxyl groups is 2. The fraction of sp³-hybridized carbons (Fsp3) is 0.450. The molecule has 0 bridgehead atoms. The van der Waals surface area contributed by atoms with E-state index in [1.807, 2.05) is 84.5 Å². The number of carbonyl (C=O) groups excluding carboxylic acids is 1. The van der Waals surface area contributed by atoms with E-state index in [-0.39, 0.29) is 28.8 Å². The lowest BCUT2D eigenvalue weighted by Gasteiger charge is -2.33. The summed E-state index contributed by atoms with van der Waals surface area (Å²) in [6, 6.07) is 3.43. The van der Waals surface area contributed by atoms with Crippen molar-refractivity contribution in [2.24, 2.45) is 10.9 Å². The summed E-state index contributed by atoms with van der Waals surface area (Å²) in [5.41, 5.74) is 5.47. The lowest BCUT2D eigenvalue weighted by atomic mass is 9.92. The monoisotopic (exact) mass is 673 g/mol. The van der Waals surface area contributed by atoms with E-state index in [1.165, 1.54) is 25.7 Å². The van der Waals surface area contributed by atoms with Gasteiger partial charge in [0.25, 0.3) is 0 Å². The number of allylic oxidation sites excluding steroid dienone is 9. The van der Waals surface area contributed by atoms with Crippen molar-refractivity contribution in [3.63, 3.8) is 0 Å². The number of hydrogen-bond acceptors (Lipinski definition) is 8. The van der Waals surface area contributed by atoms with Crippen LogP contribution < -0.4 is 5.32 Å². The van der Waals surface area contributed by atoms with Crippen molar-refractivity contribution in [1.29, 1.82) is 0 Å². The fourth-order valence-corrected chi connectivity index (χ4v) is 7.06. The quantitative estimate of drug-likeness (QED) is 0.0880. The van der Waals surface area contributed by atoms with Gasteiger partial charge in [0.1, 0.15) is 11.6 Å². The molecule has 8 heteroatoms. The molecule has 2 aliphatic heterocycles. The van der Waals surface area contributed by atoms with E-state index >= 15 is 0 Å². The highest BCUT2D eigenvalue weighted by atomic mass is 32.2. The highest BCUT2D eigenvalue weighted by molar-refractivity contribution is 7.99. The summed E-state index contributed by atoms with van der Waals surface area (Å²) in [5.74, 6) is 3.84. The second kappa shape index (κ2) is 18.6. The molecule has 1 aromatic rings. The van der Waals surface area contributed by atoms with Gasteiger partial charge in [0.05, 0.1) is 5.69 Å². The van der Waals surface area contributed by atoms with E-state index in [2.05, 4.69) is 28.4 Å². The number of nitrogens with zero attached hydrogens (tertiary/aromatic N) is 2. The van der Waals surface area contributed by atoms with E-state index in [9.17, 15) is 15.0 Å². The van der Waals surface area contributed by atoms with Crippen LogP contribution in [0.2, 0.25) is 0 Å². The van der Waals surface area contributed by atoms with Gasteiger partial charge < -0.3 is 25.2 Å². The third kappa shape index (κ3) is 9.59. The number of carbonyl (C=O) groups is 1. The Morgan fingerprint density at radius 2 is 1.79 bits per heavy atom. The van der Waals surface area contributed by atoms with E-state index < -0.39 is 0 Å². The molecule has 48 heavy (non-hydrogen) atoms. The van der Waals surface area contributed by atoms with Crippen LogP contribution in [-0.4, -0.2) is 51.2 Å². The Hall–Kier alpha value is -3.91. The van der Waals surface area contributed by atoms with E-state index in [4.69, 9.17) is 4.74 Å². The molecule has 1 saturated carbocycles. The number of phenols is 2. The van der Waals surface area contributed by atoms with Gasteiger partial charge in [0, 0.05) is 53.9 Å². The molecule has 1 saturated heterocycles. The Bertz CT molecular complexity index is 1550. The average Bonchev–Trinajstić information content (AvgIpc) is 3.62. The van der Waals surface area contributed by atoms with Gasteiger partial charge in [-0.3, -0.25) is 4.79 Å². The molecule has 0 aromatic heterocycles. The van der Waals surface area contributed by atoms with E-state index in [1.54, 1.807) is 12.1 Å². The minimum atomic E-state index is -0.318. The predicted molar refractivity (Wildman–Crippen MR) is 204 cm³/mol. The zero-order valence-corrected chi connectivity index (χ0v) is 30.9. The maximum atomic E-state index is 12.8. The van der Waals surface area contributed by atoms with Gasteiger partial charge in [-0.15, -0.1) is 0 Å². The molecule has 3 N–H and O–H groups in total. The van der Waals surface area contributed by atoms with Crippen LogP contribution in [-0.2, 0) is 9.53 Å². The Kier molecular flexibility index (Phi) is 14.9. The first-order valence-corrected chi connectivity index (χ1v) is 18.5. The third-order valence-corrected chi connectivity index (χ3v) is 9.87. The minimum Gasteiger partial charge on any atom is -0.504 e. The molecule has 1 aromatic carbocycles. The van der Waals surface area contributed by atoms with Crippen LogP contribution in [0.15, 0.2) is 94.3 Å². The molecule has 0 spiro atoms. The Morgan fingerprint density at radius 3 is 2.40 bits per heavy atom. The summed E-state index contributed by atoms with van der Waals surface area (Å²) in [4.78, 5) is 19.6. The number of phenolic OH excluding ortho intramolecular Hbond substituents is 2. The number of rotatable bonds is 12. The fourth-order valence-electron chi connectivity index (χ4n) is 6.16. The highest BCUT2D eigenvalue weighted by Gasteiger charge is 2.27. The molecule has 0 amide bonds. The van der Waals surface area contributed by atoms with Gasteiger partial charge in [-0.2, -0.15) is 11.8 Å². The van der Waals surface area contributed by atoms with Crippen molar-refractivity contribution in [1.82, 2.24) is 4.90 Å². The highest BCUT2D eigenvalue weighted by Crippen LogP contribution is 2.44. The lowest BCUT2D eigenvalue weighted by molar-refractivity contribution is -0.115. The number of benzene rings is 1. The number of thioether (sulfide) groups is 1. The zero-order chi connectivity index (χ0) is 35.4. The largest absolute Gasteiger partial charge is 0.504 e. The normalized spacial score (nSPS) is 18.3. The molecule has 3 aliphatic rings. The van der Waals surface area contributed by atoms with Crippen LogP contribution in [0.3, 0.4) is 0 Å². The zero-order valence-electron chi connectivity index (χ0n) is 30.0. The van der Waals surface area contributed by atoms with E-state index in [0.29, 0.717) is 34.9 Å². The molecular formula is C40H55N3O4S. The van der Waals surface area contributed by atoms with Crippen LogP contribution in [0.4, 0.5) is 5.69 Å². The summed E-state index contributed by atoms with van der Waals surface area (Å²) in [6.07, 6.45) is 13.8. The van der Waals surface area contributed by atoms with Crippen molar-refractivity contribution < 1.29 is 19.7 Å². The van der Waals surface area contributed by atoms with Gasteiger partial charge in [-0.05, 0) is 80.5 Å². The molecule has 4 rings (SSSR count). The molecule has 0 atom stereocenters. The molecule has 1 aliphatic carbocycles. The van der Waals surface area contributed by atoms with Crippen molar-refractivity contribution in [2.75, 3.05) is 29.9 Å². The number of Topliss-reactive ketones (excluding diaryl/α,β-unsaturated/α-hetero) is 1. The van der Waals surface area contributed by atoms with Crippen LogP contribution in [0.5, 0.6) is 11.5 Å². The van der Waals surface area contributed by atoms with Crippen molar-refractivity contribution in [3.8, 4) is 11.5 Å². The molecule has 0 unspecified atom stereocenters. The maximum absolute atomic E-state index is 12.8. The Balaban J connectivity index is 0.00000307. The molecule has 2 fully saturated rings. The first-order valence-electron chi connectivity index (χ1n) is 17.3. The smallest absolute Gasteiger partial charge is 0.196 e. The molecule has 7 nitrogen and oxygen atoms in total. The number of ether oxygens (including phenoxy) is 1. The van der Waals surface area contributed by atoms with Crippen molar-refractivity contribution >= 4 is 34.5 Å². The molecular weight excluding hydrogens is 619 g/mol. The van der Waals surface area contributed by atoms with Crippen LogP contribution >= 0.6 is 11.8 Å². The molecule has 2 heterocycles. The van der Waals surface area contributed by atoms with Gasteiger partial charge in [0.15, 0.2) is 23.2 Å². The first-order chi connectivity index (χ1) is 23.1. The van der Waals surface area contributed by atoms with E-state index in [0.717, 1.165) is 59.2 Å². The standard InChI is InChI=1S/C38H49N3O4S.C2H6/c1-8-29(23-30(34(42)10-3)22-28-13-11-12-14-28)26(6)39-27(7)40-33-16-15-32(36(43)37(33)44)31(9-2)38-25(5)24(4)21-35(45-38)41-17-19-46-20-18-41;1-2/h8-9,15-16,21,23,28,40,43-44H,4,7,10-14,17-20,22H2,1-3,5-6H3;1-2H3/b29-8-,30-23+,31-9-,39-26-;. The van der Waals surface area contributed by atoms with Crippen molar-refractivity contribution in [2.45, 2.75) is 87.0 Å². The number of ketones is 1. The molecule has 260 valence electrons. The third-order valence-electron chi connectivity index (χ3n) is 8.93. The summed E-state index contributed by atoms with van der Waals surface area (Å²) in [7, 11) is 0. The van der Waals surface area contributed by atoms with Gasteiger partial charge in [-0.25, -0.2) is 4.99 Å². The van der Waals surface area contributed by atoms with Gasteiger partial charge in [-0.1, -0.05) is 71.8 Å². The van der Waals surface area contributed by atoms with Crippen LogP contribution in [0.1, 0.15) is 92.6 Å². The number of aliphatic imine (C=N–C) groups is 1. The van der Waals surface area contributed by atoms with Crippen LogP contribution in [0.25, 0.3) is 5.57 Å². The number of anilines is 1. The number of nitrogens with one attached hydrogen (secondary N) is 1. The second-order valence-electron chi connectivity index (χ2n) is 12.0. The number of hydrogen-bond donors (Lipinski definition) is 3. The summed E-state index contributed by atoms with van der Waals surface area (Å²) in [5, 5.41) is 25.3. The molecule has 0 radical (unpaired) electrons. The summed E-state index contributed by atoms with van der Waals surface area (Å²) >= 11 is 1.93. The van der Waals surface area contributed by atoms with Gasteiger partial charge >= 0.3 is 0 Å². The first kappa shape index (κ1) is 38.5. The van der Waals surface area contributed by atoms with Crippen LogP contribution in [0, 0.1) is 5.92 Å².